The van der Waals surface area contributed by atoms with E-state index in [1.54, 1.807) is 0 Å². The van der Waals surface area contributed by atoms with Crippen LogP contribution in [0.2, 0.25) is 0 Å². The molecule has 2 rings (SSSR count). The normalized spacial score (nSPS) is 25.4. The molecule has 3 N–H and O–H groups in total. The van der Waals surface area contributed by atoms with E-state index in [9.17, 15) is 0 Å². The van der Waals surface area contributed by atoms with Crippen molar-refractivity contribution in [1.29, 1.82) is 0 Å². The van der Waals surface area contributed by atoms with Gasteiger partial charge in [-0.15, -0.1) is 12.6 Å². The number of rotatable bonds is 3. The predicted octanol–water partition coefficient (Wildman–Crippen LogP) is 2.90. The van der Waals surface area contributed by atoms with Crippen molar-refractivity contribution in [3.05, 3.63) is 24.3 Å². The summed E-state index contributed by atoms with van der Waals surface area (Å²) >= 11 is 4.27. The number of benzene rings is 1. The van der Waals surface area contributed by atoms with Gasteiger partial charge in [0.2, 0.25) is 0 Å². The van der Waals surface area contributed by atoms with Crippen molar-refractivity contribution in [2.75, 3.05) is 11.9 Å². The van der Waals surface area contributed by atoms with Gasteiger partial charge in [-0.05, 0) is 55.9 Å². The van der Waals surface area contributed by atoms with Crippen molar-refractivity contribution in [3.63, 3.8) is 0 Å². The minimum Gasteiger partial charge on any atom is -0.385 e. The highest BCUT2D eigenvalue weighted by Gasteiger charge is 2.17. The predicted molar refractivity (Wildman–Crippen MR) is 72.1 cm³/mol. The van der Waals surface area contributed by atoms with Gasteiger partial charge in [-0.1, -0.05) is 0 Å². The van der Waals surface area contributed by atoms with Crippen molar-refractivity contribution in [2.24, 2.45) is 11.7 Å². The molecule has 88 valence electrons. The Kier molecular flexibility index (Phi) is 4.13. The summed E-state index contributed by atoms with van der Waals surface area (Å²) in [5.41, 5.74) is 7.08. The molecule has 3 heteroatoms. The lowest BCUT2D eigenvalue weighted by atomic mass is 9.86. The Morgan fingerprint density at radius 2 is 1.75 bits per heavy atom. The molecule has 0 atom stereocenters. The zero-order chi connectivity index (χ0) is 11.4. The molecule has 0 bridgehead atoms. The van der Waals surface area contributed by atoms with Crippen LogP contribution in [0.15, 0.2) is 29.2 Å². The maximum absolute atomic E-state index is 5.89. The fourth-order valence-corrected chi connectivity index (χ4v) is 2.38. The van der Waals surface area contributed by atoms with Crippen LogP contribution in [0.25, 0.3) is 0 Å². The topological polar surface area (TPSA) is 38.0 Å². The maximum atomic E-state index is 5.89. The third kappa shape index (κ3) is 3.42. The van der Waals surface area contributed by atoms with Crippen LogP contribution in [0.5, 0.6) is 0 Å². The molecule has 0 saturated heterocycles. The van der Waals surface area contributed by atoms with Gasteiger partial charge in [0.15, 0.2) is 0 Å². The molecule has 1 aromatic rings. The Balaban J connectivity index is 1.77. The van der Waals surface area contributed by atoms with Gasteiger partial charge in [-0.25, -0.2) is 0 Å². The van der Waals surface area contributed by atoms with E-state index in [1.807, 2.05) is 12.1 Å². The van der Waals surface area contributed by atoms with E-state index in [1.165, 1.54) is 31.4 Å². The third-order valence-corrected chi connectivity index (χ3v) is 3.65. The summed E-state index contributed by atoms with van der Waals surface area (Å²) in [6, 6.07) is 8.64. The van der Waals surface area contributed by atoms with Crippen molar-refractivity contribution in [1.82, 2.24) is 0 Å². The number of nitrogens with two attached hydrogens (primary N) is 1. The summed E-state index contributed by atoms with van der Waals surface area (Å²) in [6.45, 7) is 1.07. The molecular formula is C13H20N2S. The lowest BCUT2D eigenvalue weighted by Crippen LogP contribution is -2.29. The fourth-order valence-electron chi connectivity index (χ4n) is 2.23. The molecule has 1 aromatic carbocycles. The van der Waals surface area contributed by atoms with Gasteiger partial charge in [0.25, 0.3) is 0 Å². The van der Waals surface area contributed by atoms with Crippen LogP contribution in [-0.2, 0) is 0 Å². The second-order valence-electron chi connectivity index (χ2n) is 4.71. The Labute approximate surface area is 103 Å². The molecule has 0 radical (unpaired) electrons. The molecule has 1 aliphatic carbocycles. The maximum Gasteiger partial charge on any atom is 0.0341 e. The van der Waals surface area contributed by atoms with E-state index in [-0.39, 0.29) is 0 Å². The molecular weight excluding hydrogens is 216 g/mol. The second-order valence-corrected chi connectivity index (χ2v) is 5.22. The zero-order valence-electron chi connectivity index (χ0n) is 9.52. The van der Waals surface area contributed by atoms with E-state index < -0.39 is 0 Å². The van der Waals surface area contributed by atoms with E-state index in [0.29, 0.717) is 6.04 Å². The van der Waals surface area contributed by atoms with Crippen LogP contribution in [0.1, 0.15) is 25.7 Å². The highest BCUT2D eigenvalue weighted by molar-refractivity contribution is 7.80. The van der Waals surface area contributed by atoms with Crippen LogP contribution in [0.3, 0.4) is 0 Å². The number of anilines is 1. The summed E-state index contributed by atoms with van der Waals surface area (Å²) in [6.07, 6.45) is 4.89. The smallest absolute Gasteiger partial charge is 0.0341 e. The molecule has 0 aliphatic heterocycles. The summed E-state index contributed by atoms with van der Waals surface area (Å²) in [5.74, 6) is 0.787. The highest BCUT2D eigenvalue weighted by atomic mass is 32.1. The second kappa shape index (κ2) is 5.60. The molecule has 1 fully saturated rings. The van der Waals surface area contributed by atoms with Crippen LogP contribution >= 0.6 is 12.6 Å². The van der Waals surface area contributed by atoms with Crippen LogP contribution in [0, 0.1) is 5.92 Å². The molecule has 0 aromatic heterocycles. The minimum atomic E-state index is 0.444. The fraction of sp³-hybridized carbons (Fsp3) is 0.538. The van der Waals surface area contributed by atoms with Crippen molar-refractivity contribution in [3.8, 4) is 0 Å². The standard InChI is InChI=1S/C13H20N2S/c14-11-3-1-10(2-4-11)9-15-12-5-7-13(16)8-6-12/h5-8,10-11,15-16H,1-4,9,14H2/t10-,11-. The molecule has 2 nitrogen and oxygen atoms in total. The Bertz CT molecular complexity index is 315. The summed E-state index contributed by atoms with van der Waals surface area (Å²) in [5, 5.41) is 3.48. The average Bonchev–Trinajstić information content (AvgIpc) is 2.30. The van der Waals surface area contributed by atoms with Crippen LogP contribution in [0.4, 0.5) is 5.69 Å². The van der Waals surface area contributed by atoms with E-state index in [0.717, 1.165) is 17.4 Å². The number of thiol groups is 1. The largest absolute Gasteiger partial charge is 0.385 e. The van der Waals surface area contributed by atoms with Gasteiger partial charge in [-0.3, -0.25) is 0 Å². The first-order valence-corrected chi connectivity index (χ1v) is 6.47. The van der Waals surface area contributed by atoms with Gasteiger partial charge in [-0.2, -0.15) is 0 Å². The lowest BCUT2D eigenvalue weighted by molar-refractivity contribution is 0.339. The van der Waals surface area contributed by atoms with Gasteiger partial charge in [0, 0.05) is 23.2 Å². The molecule has 1 aliphatic rings. The number of hydrogen-bond acceptors (Lipinski definition) is 3. The Morgan fingerprint density at radius 1 is 1.12 bits per heavy atom. The lowest BCUT2D eigenvalue weighted by Gasteiger charge is -2.26. The van der Waals surface area contributed by atoms with E-state index in [4.69, 9.17) is 5.73 Å². The van der Waals surface area contributed by atoms with E-state index >= 15 is 0 Å². The van der Waals surface area contributed by atoms with Crippen molar-refractivity contribution < 1.29 is 0 Å². The molecule has 0 unspecified atom stereocenters. The van der Waals surface area contributed by atoms with Crippen LogP contribution < -0.4 is 11.1 Å². The van der Waals surface area contributed by atoms with Crippen LogP contribution in [-0.4, -0.2) is 12.6 Å². The van der Waals surface area contributed by atoms with Crippen molar-refractivity contribution >= 4 is 18.3 Å². The highest BCUT2D eigenvalue weighted by Crippen LogP contribution is 2.23. The minimum absolute atomic E-state index is 0.444. The summed E-state index contributed by atoms with van der Waals surface area (Å²) in [4.78, 5) is 1.01. The monoisotopic (exact) mass is 236 g/mol. The van der Waals surface area contributed by atoms with Gasteiger partial charge >= 0.3 is 0 Å². The number of hydrogen-bond donors (Lipinski definition) is 3. The van der Waals surface area contributed by atoms with Gasteiger partial charge in [0.1, 0.15) is 0 Å². The molecule has 0 heterocycles. The summed E-state index contributed by atoms with van der Waals surface area (Å²) < 4.78 is 0. The van der Waals surface area contributed by atoms with Crippen molar-refractivity contribution in [2.45, 2.75) is 36.6 Å². The van der Waals surface area contributed by atoms with Gasteiger partial charge in [0.05, 0.1) is 0 Å². The summed E-state index contributed by atoms with van der Waals surface area (Å²) in [7, 11) is 0. The first-order valence-electron chi connectivity index (χ1n) is 6.02. The third-order valence-electron chi connectivity index (χ3n) is 3.35. The molecule has 16 heavy (non-hydrogen) atoms. The molecule has 1 saturated carbocycles. The average molecular weight is 236 g/mol. The zero-order valence-corrected chi connectivity index (χ0v) is 10.4. The number of nitrogens with one attached hydrogen (secondary N) is 1. The molecule has 0 amide bonds. The van der Waals surface area contributed by atoms with Gasteiger partial charge < -0.3 is 11.1 Å². The van der Waals surface area contributed by atoms with E-state index in [2.05, 4.69) is 30.1 Å². The Morgan fingerprint density at radius 3 is 2.38 bits per heavy atom. The quantitative estimate of drug-likeness (QED) is 0.706. The Hall–Kier alpha value is -0.670. The first kappa shape index (κ1) is 11.8. The molecule has 0 spiro atoms. The SMILES string of the molecule is N[C@H]1CC[C@H](CNc2ccc(S)cc2)CC1. The first-order chi connectivity index (χ1) is 7.74.